The third kappa shape index (κ3) is 4.84. The van der Waals surface area contributed by atoms with Crippen LogP contribution < -0.4 is 10.6 Å². The van der Waals surface area contributed by atoms with Crippen molar-refractivity contribution in [3.05, 3.63) is 83.7 Å². The number of anilines is 3. The summed E-state index contributed by atoms with van der Waals surface area (Å²) in [6.07, 6.45) is 1.50. The summed E-state index contributed by atoms with van der Waals surface area (Å²) in [5.41, 5.74) is 2.84. The molecule has 2 aromatic carbocycles. The molecule has 146 valence electrons. The van der Waals surface area contributed by atoms with Crippen LogP contribution in [0, 0.1) is 0 Å². The third-order valence-corrected chi connectivity index (χ3v) is 4.15. The van der Waals surface area contributed by atoms with Crippen LogP contribution in [0.5, 0.6) is 0 Å². The molecule has 0 aliphatic carbocycles. The maximum Gasteiger partial charge on any atom is 0.339 e. The van der Waals surface area contributed by atoms with Crippen LogP contribution in [0.2, 0.25) is 0 Å². The van der Waals surface area contributed by atoms with Gasteiger partial charge in [-0.05, 0) is 55.5 Å². The second-order valence-corrected chi connectivity index (χ2v) is 6.18. The number of nitrogens with zero attached hydrogens (tertiary/aromatic N) is 1. The number of ether oxygens (including phenoxy) is 1. The number of ketones is 1. The highest BCUT2D eigenvalue weighted by molar-refractivity contribution is 6.04. The Bertz CT molecular complexity index is 1060. The van der Waals surface area contributed by atoms with E-state index < -0.39 is 11.9 Å². The summed E-state index contributed by atoms with van der Waals surface area (Å²) >= 11 is 0. The highest BCUT2D eigenvalue weighted by Crippen LogP contribution is 2.22. The highest BCUT2D eigenvalue weighted by Gasteiger charge is 2.13. The van der Waals surface area contributed by atoms with Crippen LogP contribution in [0.1, 0.15) is 38.1 Å². The fourth-order valence-electron chi connectivity index (χ4n) is 2.65. The van der Waals surface area contributed by atoms with Crippen LogP contribution in [-0.2, 0) is 4.74 Å². The molecule has 3 aromatic rings. The van der Waals surface area contributed by atoms with Gasteiger partial charge in [-0.25, -0.2) is 4.79 Å². The number of aromatic nitrogens is 1. The molecule has 2 N–H and O–H groups in total. The number of rotatable bonds is 6. The molecule has 0 saturated carbocycles. The molecule has 0 spiro atoms. The van der Waals surface area contributed by atoms with Gasteiger partial charge < -0.3 is 15.4 Å². The molecule has 3 rings (SSSR count). The average Bonchev–Trinajstić information content (AvgIpc) is 2.74. The van der Waals surface area contributed by atoms with Gasteiger partial charge in [0.05, 0.1) is 18.4 Å². The number of amides is 1. The van der Waals surface area contributed by atoms with Crippen molar-refractivity contribution in [3.8, 4) is 0 Å². The van der Waals surface area contributed by atoms with Gasteiger partial charge in [0.2, 0.25) is 0 Å². The quantitative estimate of drug-likeness (QED) is 0.487. The Morgan fingerprint density at radius 2 is 1.66 bits per heavy atom. The van der Waals surface area contributed by atoms with Crippen LogP contribution in [-0.4, -0.2) is 29.8 Å². The number of benzene rings is 2. The van der Waals surface area contributed by atoms with E-state index in [1.54, 1.807) is 60.7 Å². The largest absolute Gasteiger partial charge is 0.465 e. The summed E-state index contributed by atoms with van der Waals surface area (Å²) in [6.45, 7) is 1.48. The van der Waals surface area contributed by atoms with Crippen molar-refractivity contribution in [1.82, 2.24) is 4.98 Å². The first-order valence-electron chi connectivity index (χ1n) is 8.80. The molecule has 7 nitrogen and oxygen atoms in total. The lowest BCUT2D eigenvalue weighted by Crippen LogP contribution is -2.14. The van der Waals surface area contributed by atoms with Crippen molar-refractivity contribution in [3.63, 3.8) is 0 Å². The van der Waals surface area contributed by atoms with E-state index in [2.05, 4.69) is 15.6 Å². The molecule has 0 radical (unpaired) electrons. The van der Waals surface area contributed by atoms with Crippen LogP contribution >= 0.6 is 0 Å². The van der Waals surface area contributed by atoms with Gasteiger partial charge in [0.1, 0.15) is 5.69 Å². The molecule has 1 heterocycles. The second-order valence-electron chi connectivity index (χ2n) is 6.18. The third-order valence-electron chi connectivity index (χ3n) is 4.15. The first kappa shape index (κ1) is 19.8. The minimum absolute atomic E-state index is 0.0458. The maximum absolute atomic E-state index is 12.5. The van der Waals surface area contributed by atoms with Crippen LogP contribution in [0.25, 0.3) is 0 Å². The molecule has 0 saturated heterocycles. The second kappa shape index (κ2) is 8.79. The smallest absolute Gasteiger partial charge is 0.339 e. The summed E-state index contributed by atoms with van der Waals surface area (Å²) in [5.74, 6) is -0.907. The lowest BCUT2D eigenvalue weighted by atomic mass is 10.1. The van der Waals surface area contributed by atoms with Crippen molar-refractivity contribution in [2.75, 3.05) is 17.7 Å². The lowest BCUT2D eigenvalue weighted by Gasteiger charge is -2.11. The fraction of sp³-hybridized carbons (Fsp3) is 0.0909. The maximum atomic E-state index is 12.5. The van der Waals surface area contributed by atoms with Gasteiger partial charge in [-0.3, -0.25) is 14.6 Å². The van der Waals surface area contributed by atoms with E-state index in [1.165, 1.54) is 20.2 Å². The van der Waals surface area contributed by atoms with E-state index in [-0.39, 0.29) is 11.5 Å². The van der Waals surface area contributed by atoms with Crippen molar-refractivity contribution in [2.45, 2.75) is 6.92 Å². The molecular weight excluding hydrogens is 370 g/mol. The Labute approximate surface area is 167 Å². The number of hydrogen-bond acceptors (Lipinski definition) is 6. The normalized spacial score (nSPS) is 10.1. The molecule has 1 aromatic heterocycles. The van der Waals surface area contributed by atoms with Gasteiger partial charge in [0.15, 0.2) is 5.78 Å². The molecular formula is C22H19N3O4. The molecule has 1 amide bonds. The number of para-hydroxylation sites is 1. The summed E-state index contributed by atoms with van der Waals surface area (Å²) in [4.78, 5) is 39.9. The first-order valence-corrected chi connectivity index (χ1v) is 8.80. The Morgan fingerprint density at radius 3 is 2.34 bits per heavy atom. The molecule has 7 heteroatoms. The van der Waals surface area contributed by atoms with Gasteiger partial charge >= 0.3 is 5.97 Å². The monoisotopic (exact) mass is 389 g/mol. The minimum atomic E-state index is -0.464. The number of carbonyl (C=O) groups excluding carboxylic acids is 3. The molecule has 0 fully saturated rings. The number of hydrogen-bond donors (Lipinski definition) is 2. The van der Waals surface area contributed by atoms with E-state index >= 15 is 0 Å². The lowest BCUT2D eigenvalue weighted by molar-refractivity contribution is 0.0601. The first-order chi connectivity index (χ1) is 14.0. The zero-order valence-electron chi connectivity index (χ0n) is 15.9. The van der Waals surface area contributed by atoms with Gasteiger partial charge in [0.25, 0.3) is 5.91 Å². The Balaban J connectivity index is 1.77. The summed E-state index contributed by atoms with van der Waals surface area (Å²) < 4.78 is 4.79. The SMILES string of the molecule is COC(=O)c1ccccc1Nc1ccnc(C(=O)Nc2ccc(C(C)=O)cc2)c1. The molecule has 0 atom stereocenters. The van der Waals surface area contributed by atoms with Crippen molar-refractivity contribution in [2.24, 2.45) is 0 Å². The predicted octanol–water partition coefficient (Wildman–Crippen LogP) is 4.07. The molecule has 0 bridgehead atoms. The Hall–Kier alpha value is -4.00. The zero-order valence-corrected chi connectivity index (χ0v) is 15.9. The number of esters is 1. The Kier molecular flexibility index (Phi) is 5.99. The summed E-state index contributed by atoms with van der Waals surface area (Å²) in [5, 5.41) is 5.85. The van der Waals surface area contributed by atoms with Crippen LogP contribution in [0.15, 0.2) is 66.9 Å². The minimum Gasteiger partial charge on any atom is -0.465 e. The van der Waals surface area contributed by atoms with Gasteiger partial charge in [0, 0.05) is 23.1 Å². The summed E-state index contributed by atoms with van der Waals surface area (Å²) in [6, 6.07) is 16.8. The van der Waals surface area contributed by atoms with Crippen molar-refractivity contribution in [1.29, 1.82) is 0 Å². The van der Waals surface area contributed by atoms with Crippen molar-refractivity contribution >= 4 is 34.7 Å². The zero-order chi connectivity index (χ0) is 20.8. The summed E-state index contributed by atoms with van der Waals surface area (Å²) in [7, 11) is 1.32. The number of carbonyl (C=O) groups is 3. The number of nitrogens with one attached hydrogen (secondary N) is 2. The number of Topliss-reactive ketones (excluding diaryl/α,β-unsaturated/α-hetero) is 1. The molecule has 0 aliphatic rings. The van der Waals surface area contributed by atoms with E-state index in [1.807, 2.05) is 0 Å². The Morgan fingerprint density at radius 1 is 0.931 bits per heavy atom. The predicted molar refractivity (Wildman–Crippen MR) is 110 cm³/mol. The van der Waals surface area contributed by atoms with Gasteiger partial charge in [-0.1, -0.05) is 12.1 Å². The average molecular weight is 389 g/mol. The van der Waals surface area contributed by atoms with Gasteiger partial charge in [-0.2, -0.15) is 0 Å². The fourth-order valence-corrected chi connectivity index (χ4v) is 2.65. The van der Waals surface area contributed by atoms with E-state index in [0.29, 0.717) is 28.2 Å². The van der Waals surface area contributed by atoms with Crippen LogP contribution in [0.3, 0.4) is 0 Å². The standard InChI is InChI=1S/C22H19N3O4/c1-14(26)15-7-9-16(10-8-15)25-21(27)20-13-17(11-12-23-20)24-19-6-4-3-5-18(19)22(28)29-2/h3-13H,1-2H3,(H,23,24)(H,25,27). The van der Waals surface area contributed by atoms with E-state index in [0.717, 1.165) is 0 Å². The van der Waals surface area contributed by atoms with Gasteiger partial charge in [-0.15, -0.1) is 0 Å². The highest BCUT2D eigenvalue weighted by atomic mass is 16.5. The van der Waals surface area contributed by atoms with E-state index in [4.69, 9.17) is 4.74 Å². The van der Waals surface area contributed by atoms with Crippen LogP contribution in [0.4, 0.5) is 17.1 Å². The molecule has 0 aliphatic heterocycles. The molecule has 0 unspecified atom stereocenters. The topological polar surface area (TPSA) is 97.4 Å². The molecule has 29 heavy (non-hydrogen) atoms. The van der Waals surface area contributed by atoms with E-state index in [9.17, 15) is 14.4 Å². The number of pyridine rings is 1. The number of methoxy groups -OCH3 is 1. The van der Waals surface area contributed by atoms with Crippen molar-refractivity contribution < 1.29 is 19.1 Å².